The van der Waals surface area contributed by atoms with Gasteiger partial charge in [0.25, 0.3) is 0 Å². The number of nitrogens with one attached hydrogen (secondary N) is 1. The third-order valence-electron chi connectivity index (χ3n) is 8.65. The first-order valence-corrected chi connectivity index (χ1v) is 15.7. The van der Waals surface area contributed by atoms with Crippen molar-refractivity contribution in [1.29, 1.82) is 0 Å². The molecule has 2 fully saturated rings. The van der Waals surface area contributed by atoms with Gasteiger partial charge in [-0.3, -0.25) is 19.1 Å². The number of piperidine rings is 1. The highest BCUT2D eigenvalue weighted by Crippen LogP contribution is 2.55. The zero-order valence-electron chi connectivity index (χ0n) is 23.1. The number of carbonyl (C=O) groups is 2. The molecule has 0 bridgehead atoms. The summed E-state index contributed by atoms with van der Waals surface area (Å²) >= 11 is 10.3. The molecule has 1 saturated heterocycles. The van der Waals surface area contributed by atoms with Gasteiger partial charge in [0, 0.05) is 40.9 Å². The van der Waals surface area contributed by atoms with Gasteiger partial charge in [-0.05, 0) is 78.6 Å². The molecule has 5 atom stereocenters. The first-order valence-electron chi connectivity index (χ1n) is 13.8. The van der Waals surface area contributed by atoms with Gasteiger partial charge < -0.3 is 10.4 Å². The van der Waals surface area contributed by atoms with Gasteiger partial charge in [-0.15, -0.1) is 0 Å². The second-order valence-electron chi connectivity index (χ2n) is 11.6. The van der Waals surface area contributed by atoms with Crippen molar-refractivity contribution in [3.63, 3.8) is 0 Å². The molecule has 1 amide bonds. The fraction of sp³-hybridized carbons (Fsp3) is 0.387. The molecular formula is C31H33Cl2N3O5S. The van der Waals surface area contributed by atoms with Crippen molar-refractivity contribution in [1.82, 2.24) is 14.6 Å². The minimum atomic E-state index is -2.39. The Bertz CT molecular complexity index is 1470. The number of carbonyl (C=O) groups excluding carboxylic acids is 1. The van der Waals surface area contributed by atoms with E-state index in [1.54, 1.807) is 47.9 Å². The molecule has 3 aromatic rings. The SMILES string of the molecule is C[C@@]1(CC(=O)O)C[C@H](c2cccc(Cl)c2)[C@H](C[C@@](c2ccc(Cl)cc2)(C2CC2)N(Cc2cccnc2)S(=O)O)NC1=O. The van der Waals surface area contributed by atoms with E-state index in [-0.39, 0.29) is 37.1 Å². The van der Waals surface area contributed by atoms with E-state index in [4.69, 9.17) is 23.2 Å². The lowest BCUT2D eigenvalue weighted by Crippen LogP contribution is -2.58. The van der Waals surface area contributed by atoms with Crippen LogP contribution in [0.2, 0.25) is 10.0 Å². The Hall–Kier alpha value is -2.82. The Morgan fingerprint density at radius 3 is 2.48 bits per heavy atom. The summed E-state index contributed by atoms with van der Waals surface area (Å²) in [5.74, 6) is -1.68. The number of pyridine rings is 1. The van der Waals surface area contributed by atoms with Crippen molar-refractivity contribution < 1.29 is 23.5 Å². The fourth-order valence-corrected chi connectivity index (χ4v) is 7.72. The molecule has 11 heteroatoms. The minimum absolute atomic E-state index is 0.0238. The summed E-state index contributed by atoms with van der Waals surface area (Å²) in [5.41, 5.74) is 0.349. The lowest BCUT2D eigenvalue weighted by atomic mass is 9.66. The van der Waals surface area contributed by atoms with E-state index in [2.05, 4.69) is 10.3 Å². The molecule has 1 aromatic heterocycles. The molecule has 0 spiro atoms. The highest BCUT2D eigenvalue weighted by molar-refractivity contribution is 7.76. The monoisotopic (exact) mass is 629 g/mol. The Labute approximate surface area is 257 Å². The highest BCUT2D eigenvalue weighted by atomic mass is 35.5. The largest absolute Gasteiger partial charge is 0.481 e. The van der Waals surface area contributed by atoms with E-state index < -0.39 is 34.2 Å². The molecule has 5 rings (SSSR count). The average Bonchev–Trinajstić information content (AvgIpc) is 3.79. The van der Waals surface area contributed by atoms with E-state index in [9.17, 15) is 23.5 Å². The predicted octanol–water partition coefficient (Wildman–Crippen LogP) is 6.18. The number of aromatic nitrogens is 1. The van der Waals surface area contributed by atoms with Crippen molar-refractivity contribution in [2.75, 3.05) is 0 Å². The second-order valence-corrected chi connectivity index (χ2v) is 13.4. The van der Waals surface area contributed by atoms with Crippen molar-refractivity contribution in [3.05, 3.63) is 99.8 Å². The Morgan fingerprint density at radius 1 is 1.14 bits per heavy atom. The summed E-state index contributed by atoms with van der Waals surface area (Å²) in [6, 6.07) is 17.9. The summed E-state index contributed by atoms with van der Waals surface area (Å²) in [6.07, 6.45) is 5.26. The van der Waals surface area contributed by atoms with Gasteiger partial charge in [0.15, 0.2) is 0 Å². The quantitative estimate of drug-likeness (QED) is 0.218. The van der Waals surface area contributed by atoms with Gasteiger partial charge >= 0.3 is 5.97 Å². The number of hydrogen-bond donors (Lipinski definition) is 3. The van der Waals surface area contributed by atoms with Crippen molar-refractivity contribution in [2.45, 2.75) is 63.1 Å². The smallest absolute Gasteiger partial charge is 0.304 e. The third kappa shape index (κ3) is 6.40. The normalized spacial score (nSPS) is 24.5. The Morgan fingerprint density at radius 2 is 1.88 bits per heavy atom. The fourth-order valence-electron chi connectivity index (χ4n) is 6.53. The van der Waals surface area contributed by atoms with Crippen LogP contribution in [0, 0.1) is 11.3 Å². The van der Waals surface area contributed by atoms with E-state index in [1.165, 1.54) is 0 Å². The number of benzene rings is 2. The highest BCUT2D eigenvalue weighted by Gasteiger charge is 2.56. The zero-order valence-corrected chi connectivity index (χ0v) is 25.4. The zero-order chi connectivity index (χ0) is 30.1. The minimum Gasteiger partial charge on any atom is -0.481 e. The molecule has 1 aliphatic heterocycles. The number of halogens is 2. The molecule has 222 valence electrons. The van der Waals surface area contributed by atoms with Crippen LogP contribution in [0.5, 0.6) is 0 Å². The van der Waals surface area contributed by atoms with Gasteiger partial charge in [0.1, 0.15) is 0 Å². The van der Waals surface area contributed by atoms with E-state index in [0.717, 1.165) is 29.5 Å². The van der Waals surface area contributed by atoms with Gasteiger partial charge in [0.2, 0.25) is 17.2 Å². The number of rotatable bonds is 11. The molecule has 1 unspecified atom stereocenters. The Balaban J connectivity index is 1.64. The molecule has 0 radical (unpaired) electrons. The molecule has 2 aliphatic rings. The number of hydrogen-bond acceptors (Lipinski definition) is 4. The summed E-state index contributed by atoms with van der Waals surface area (Å²) in [5, 5.41) is 13.9. The lowest BCUT2D eigenvalue weighted by molar-refractivity contribution is -0.147. The van der Waals surface area contributed by atoms with Crippen molar-refractivity contribution in [3.8, 4) is 0 Å². The summed E-state index contributed by atoms with van der Waals surface area (Å²) < 4.78 is 25.7. The topological polar surface area (TPSA) is 120 Å². The van der Waals surface area contributed by atoms with Gasteiger partial charge in [-0.2, -0.15) is 4.31 Å². The molecule has 2 aromatic carbocycles. The maximum atomic E-state index is 13.6. The maximum absolute atomic E-state index is 13.6. The third-order valence-corrected chi connectivity index (χ3v) is 9.97. The van der Waals surface area contributed by atoms with Crippen LogP contribution in [0.15, 0.2) is 73.1 Å². The first kappa shape index (κ1) is 30.6. The summed E-state index contributed by atoms with van der Waals surface area (Å²) in [7, 11) is 0. The number of carboxylic acids is 1. The molecule has 3 N–H and O–H groups in total. The molecule has 1 saturated carbocycles. The van der Waals surface area contributed by atoms with Gasteiger partial charge in [0.05, 0.1) is 17.4 Å². The summed E-state index contributed by atoms with van der Waals surface area (Å²) in [6.45, 7) is 1.82. The second kappa shape index (κ2) is 12.4. The van der Waals surface area contributed by atoms with E-state index in [0.29, 0.717) is 16.5 Å². The number of nitrogens with zero attached hydrogens (tertiary/aromatic N) is 2. The van der Waals surface area contributed by atoms with Gasteiger partial charge in [-0.1, -0.05) is 60.5 Å². The van der Waals surface area contributed by atoms with Crippen LogP contribution in [0.25, 0.3) is 0 Å². The molecular weight excluding hydrogens is 597 g/mol. The van der Waals surface area contributed by atoms with Crippen molar-refractivity contribution >= 4 is 46.3 Å². The first-order chi connectivity index (χ1) is 20.0. The van der Waals surface area contributed by atoms with E-state index >= 15 is 0 Å². The van der Waals surface area contributed by atoms with Crippen LogP contribution >= 0.6 is 23.2 Å². The maximum Gasteiger partial charge on any atom is 0.304 e. The number of carboxylic acid groups (broad SMARTS) is 1. The lowest BCUT2D eigenvalue weighted by Gasteiger charge is -2.49. The Kier molecular flexibility index (Phi) is 9.06. The number of amides is 1. The van der Waals surface area contributed by atoms with E-state index in [1.807, 2.05) is 36.4 Å². The van der Waals surface area contributed by atoms with Crippen LogP contribution < -0.4 is 5.32 Å². The molecule has 1 aliphatic carbocycles. The average molecular weight is 631 g/mol. The standard InChI is InChI=1S/C31H33Cl2N3O5S/c1-30(17-28(37)38)15-26(21-5-2-6-25(33)14-21)27(35-29(30)39)16-31(22-7-8-22,23-9-11-24(32)12-10-23)36(42(40)41)19-20-4-3-13-34-18-20/h2-6,9-14,18,22,26-27H,7-8,15-17,19H2,1H3,(H,35,39)(H,37,38)(H,40,41)/t26-,27+,30+,31+/m1/s1. The predicted molar refractivity (Wildman–Crippen MR) is 162 cm³/mol. The molecule has 42 heavy (non-hydrogen) atoms. The van der Waals surface area contributed by atoms with Crippen molar-refractivity contribution in [2.24, 2.45) is 11.3 Å². The van der Waals surface area contributed by atoms with Crippen LogP contribution in [-0.4, -0.2) is 41.1 Å². The van der Waals surface area contributed by atoms with Crippen LogP contribution in [0.1, 0.15) is 61.6 Å². The molecule has 8 nitrogen and oxygen atoms in total. The van der Waals surface area contributed by atoms with Crippen LogP contribution in [0.4, 0.5) is 0 Å². The summed E-state index contributed by atoms with van der Waals surface area (Å²) in [4.78, 5) is 29.6. The number of aliphatic carboxylic acids is 1. The van der Waals surface area contributed by atoms with Gasteiger partial charge in [-0.25, -0.2) is 4.21 Å². The van der Waals surface area contributed by atoms with Crippen LogP contribution in [-0.2, 0) is 32.9 Å². The van der Waals surface area contributed by atoms with Crippen LogP contribution in [0.3, 0.4) is 0 Å². The molecule has 2 heterocycles.